The molecule has 0 N–H and O–H groups in total. The summed E-state index contributed by atoms with van der Waals surface area (Å²) in [6, 6.07) is 0. The minimum Gasteiger partial charge on any atom is -1.00 e. The van der Waals surface area contributed by atoms with Gasteiger partial charge in [-0.2, -0.15) is 12.6 Å². The molecule has 0 aliphatic carbocycles. The Kier molecular flexibility index (Phi) is 22.1. The Morgan fingerprint density at radius 2 is 1.00 bits per heavy atom. The molecule has 0 saturated heterocycles. The Hall–Kier alpha value is 1.35. The monoisotopic (exact) mass is 240 g/mol. The summed E-state index contributed by atoms with van der Waals surface area (Å²) >= 11 is 4.21. The van der Waals surface area contributed by atoms with Crippen molar-refractivity contribution in [3.05, 3.63) is 0 Å². The van der Waals surface area contributed by atoms with Crippen LogP contribution >= 0.6 is 12.6 Å². The van der Waals surface area contributed by atoms with E-state index in [0.29, 0.717) is 0 Å². The Balaban J connectivity index is -0.000000845. The van der Waals surface area contributed by atoms with Gasteiger partial charge in [0, 0.05) is 0 Å². The molecule has 0 aromatic rings. The number of thiol groups is 1. The van der Waals surface area contributed by atoms with Crippen LogP contribution in [-0.2, 0) is 0 Å². The standard InChI is InChI=1S/C13H28S.Na.H/c1-2-3-4-5-6-7-8-9-10-11-12-13-14;;/h14H,2-13H2,1H3;;/q;+1;-1. The van der Waals surface area contributed by atoms with Crippen molar-refractivity contribution in [1.82, 2.24) is 0 Å². The molecule has 0 atom stereocenters. The molecule has 0 aromatic carbocycles. The van der Waals surface area contributed by atoms with E-state index in [1.807, 2.05) is 0 Å². The maximum absolute atomic E-state index is 4.21. The first-order chi connectivity index (χ1) is 6.91. The molecular weight excluding hydrogens is 211 g/mol. The van der Waals surface area contributed by atoms with Crippen molar-refractivity contribution in [3.8, 4) is 0 Å². The van der Waals surface area contributed by atoms with Gasteiger partial charge in [-0.25, -0.2) is 0 Å². The second-order valence-electron chi connectivity index (χ2n) is 4.26. The SMILES string of the molecule is CCCCCCCCCCCCCS.[H-].[Na+]. The molecule has 0 saturated carbocycles. The Bertz CT molecular complexity index is 89.9. The molecule has 0 unspecified atom stereocenters. The van der Waals surface area contributed by atoms with Crippen LogP contribution in [0.1, 0.15) is 79.0 Å². The summed E-state index contributed by atoms with van der Waals surface area (Å²) < 4.78 is 0. The van der Waals surface area contributed by atoms with E-state index < -0.39 is 0 Å². The van der Waals surface area contributed by atoms with Crippen LogP contribution in [0.2, 0.25) is 0 Å². The zero-order valence-electron chi connectivity index (χ0n) is 11.9. The van der Waals surface area contributed by atoms with E-state index in [4.69, 9.17) is 0 Å². The molecule has 0 rings (SSSR count). The van der Waals surface area contributed by atoms with Crippen molar-refractivity contribution < 1.29 is 31.0 Å². The van der Waals surface area contributed by atoms with E-state index in [2.05, 4.69) is 19.6 Å². The Morgan fingerprint density at radius 3 is 1.33 bits per heavy atom. The van der Waals surface area contributed by atoms with Crippen LogP contribution in [0.15, 0.2) is 0 Å². The fourth-order valence-corrected chi connectivity index (χ4v) is 2.00. The topological polar surface area (TPSA) is 0 Å². The van der Waals surface area contributed by atoms with Crippen LogP contribution < -0.4 is 29.6 Å². The quantitative estimate of drug-likeness (QED) is 0.320. The summed E-state index contributed by atoms with van der Waals surface area (Å²) in [6.07, 6.45) is 15.7. The van der Waals surface area contributed by atoms with Crippen molar-refractivity contribution in [2.45, 2.75) is 77.6 Å². The molecule has 0 spiro atoms. The van der Waals surface area contributed by atoms with E-state index in [9.17, 15) is 0 Å². The summed E-state index contributed by atoms with van der Waals surface area (Å²) in [5, 5.41) is 0. The van der Waals surface area contributed by atoms with E-state index in [1.54, 1.807) is 0 Å². The number of unbranched alkanes of at least 4 members (excludes halogenated alkanes) is 10. The molecule has 15 heavy (non-hydrogen) atoms. The second-order valence-corrected chi connectivity index (χ2v) is 4.71. The van der Waals surface area contributed by atoms with Crippen LogP contribution in [-0.4, -0.2) is 5.75 Å². The minimum atomic E-state index is 0. The van der Waals surface area contributed by atoms with Gasteiger partial charge in [0.1, 0.15) is 0 Å². The smallest absolute Gasteiger partial charge is 1.00 e. The van der Waals surface area contributed by atoms with Gasteiger partial charge in [0.2, 0.25) is 0 Å². The number of hydrogen-bond acceptors (Lipinski definition) is 1. The first-order valence-corrected chi connectivity index (χ1v) is 7.16. The maximum Gasteiger partial charge on any atom is 1.00 e. The third kappa shape index (κ3) is 17.9. The average molecular weight is 240 g/mol. The van der Waals surface area contributed by atoms with Crippen LogP contribution in [0.3, 0.4) is 0 Å². The minimum absolute atomic E-state index is 0. The number of hydrogen-bond donors (Lipinski definition) is 1. The van der Waals surface area contributed by atoms with Crippen molar-refractivity contribution in [3.63, 3.8) is 0 Å². The molecule has 0 fully saturated rings. The maximum atomic E-state index is 4.21. The average Bonchev–Trinajstić information content (AvgIpc) is 2.21. The third-order valence-electron chi connectivity index (χ3n) is 2.76. The van der Waals surface area contributed by atoms with Crippen molar-refractivity contribution >= 4 is 12.6 Å². The van der Waals surface area contributed by atoms with Crippen LogP contribution in [0.4, 0.5) is 0 Å². The predicted octanol–water partition coefficient (Wildman–Crippen LogP) is 2.34. The molecule has 0 radical (unpaired) electrons. The molecule has 0 aliphatic heterocycles. The molecule has 2 heteroatoms. The summed E-state index contributed by atoms with van der Waals surface area (Å²) in [5.41, 5.74) is 0. The van der Waals surface area contributed by atoms with Gasteiger partial charge in [0.05, 0.1) is 0 Å². The van der Waals surface area contributed by atoms with Gasteiger partial charge < -0.3 is 1.43 Å². The van der Waals surface area contributed by atoms with Gasteiger partial charge in [0.25, 0.3) is 0 Å². The summed E-state index contributed by atoms with van der Waals surface area (Å²) in [4.78, 5) is 0. The van der Waals surface area contributed by atoms with E-state index in [0.717, 1.165) is 5.75 Å². The van der Waals surface area contributed by atoms with Gasteiger partial charge >= 0.3 is 29.6 Å². The zero-order chi connectivity index (χ0) is 10.5. The number of rotatable bonds is 11. The molecule has 88 valence electrons. The van der Waals surface area contributed by atoms with Crippen molar-refractivity contribution in [2.24, 2.45) is 0 Å². The fraction of sp³-hybridized carbons (Fsp3) is 1.00. The summed E-state index contributed by atoms with van der Waals surface area (Å²) in [6.45, 7) is 2.28. The third-order valence-corrected chi connectivity index (χ3v) is 3.08. The van der Waals surface area contributed by atoms with Crippen LogP contribution in [0, 0.1) is 0 Å². The largest absolute Gasteiger partial charge is 1.00 e. The van der Waals surface area contributed by atoms with Crippen LogP contribution in [0.25, 0.3) is 0 Å². The molecule has 0 amide bonds. The first-order valence-electron chi connectivity index (χ1n) is 6.52. The van der Waals surface area contributed by atoms with Gasteiger partial charge in [0.15, 0.2) is 0 Å². The normalized spacial score (nSPS) is 10.0. The molecule has 0 nitrogen and oxygen atoms in total. The van der Waals surface area contributed by atoms with E-state index >= 15 is 0 Å². The molecular formula is C13H29NaS. The van der Waals surface area contributed by atoms with Gasteiger partial charge in [-0.15, -0.1) is 0 Å². The zero-order valence-corrected chi connectivity index (χ0v) is 13.8. The molecule has 0 aliphatic rings. The van der Waals surface area contributed by atoms with Crippen molar-refractivity contribution in [2.75, 3.05) is 5.75 Å². The molecule has 0 bridgehead atoms. The van der Waals surface area contributed by atoms with Crippen molar-refractivity contribution in [1.29, 1.82) is 0 Å². The van der Waals surface area contributed by atoms with Crippen LogP contribution in [0.5, 0.6) is 0 Å². The van der Waals surface area contributed by atoms with E-state index in [1.165, 1.54) is 70.6 Å². The first kappa shape index (κ1) is 18.7. The molecule has 0 heterocycles. The second kappa shape index (κ2) is 17.7. The Morgan fingerprint density at radius 1 is 0.667 bits per heavy atom. The Labute approximate surface area is 126 Å². The van der Waals surface area contributed by atoms with Gasteiger partial charge in [-0.3, -0.25) is 0 Å². The fourth-order valence-electron chi connectivity index (χ4n) is 1.78. The predicted molar refractivity (Wildman–Crippen MR) is 71.4 cm³/mol. The molecule has 0 aromatic heterocycles. The van der Waals surface area contributed by atoms with Gasteiger partial charge in [-0.1, -0.05) is 71.1 Å². The van der Waals surface area contributed by atoms with E-state index in [-0.39, 0.29) is 31.0 Å². The summed E-state index contributed by atoms with van der Waals surface area (Å²) in [7, 11) is 0. The van der Waals surface area contributed by atoms with Gasteiger partial charge in [-0.05, 0) is 12.2 Å². The summed E-state index contributed by atoms with van der Waals surface area (Å²) in [5.74, 6) is 1.07.